The summed E-state index contributed by atoms with van der Waals surface area (Å²) < 4.78 is 0. The van der Waals surface area contributed by atoms with E-state index in [9.17, 15) is 14.4 Å². The van der Waals surface area contributed by atoms with Gasteiger partial charge in [0.1, 0.15) is 12.1 Å². The maximum absolute atomic E-state index is 12.5. The van der Waals surface area contributed by atoms with Crippen LogP contribution in [0.4, 0.5) is 0 Å². The molecule has 0 saturated heterocycles. The summed E-state index contributed by atoms with van der Waals surface area (Å²) in [6, 6.07) is -2.19. The van der Waals surface area contributed by atoms with Gasteiger partial charge in [-0.2, -0.15) is 0 Å². The normalized spacial score (nSPS) is 16.4. The van der Waals surface area contributed by atoms with Crippen LogP contribution in [0.15, 0.2) is 0 Å². The summed E-state index contributed by atoms with van der Waals surface area (Å²) in [5.41, 5.74) is 11.2. The van der Waals surface area contributed by atoms with E-state index < -0.39 is 29.9 Å². The predicted octanol–water partition coefficient (Wildman–Crippen LogP) is 0.517. The van der Waals surface area contributed by atoms with Crippen molar-refractivity contribution >= 4 is 17.7 Å². The minimum Gasteiger partial charge on any atom is -0.368 e. The van der Waals surface area contributed by atoms with Crippen LogP contribution in [-0.2, 0) is 14.4 Å². The smallest absolute Gasteiger partial charge is 0.243 e. The lowest BCUT2D eigenvalue weighted by Crippen LogP contribution is -2.58. The number of amides is 3. The van der Waals surface area contributed by atoms with Gasteiger partial charge in [0, 0.05) is 0 Å². The fraction of sp³-hybridized carbons (Fsp3) is 0.824. The van der Waals surface area contributed by atoms with E-state index in [0.29, 0.717) is 12.8 Å². The van der Waals surface area contributed by atoms with E-state index in [4.69, 9.17) is 11.5 Å². The van der Waals surface area contributed by atoms with E-state index in [1.807, 2.05) is 41.5 Å². The first-order valence-electron chi connectivity index (χ1n) is 8.66. The second-order valence-corrected chi connectivity index (χ2v) is 7.24. The molecule has 0 radical (unpaired) electrons. The van der Waals surface area contributed by atoms with Crippen molar-refractivity contribution in [2.75, 3.05) is 0 Å². The average Bonchev–Trinajstić information content (AvgIpc) is 2.47. The van der Waals surface area contributed by atoms with Crippen molar-refractivity contribution in [1.82, 2.24) is 10.6 Å². The molecule has 1 unspecified atom stereocenters. The molecule has 0 rings (SSSR count). The van der Waals surface area contributed by atoms with Crippen LogP contribution in [-0.4, -0.2) is 35.8 Å². The molecule has 24 heavy (non-hydrogen) atoms. The van der Waals surface area contributed by atoms with Gasteiger partial charge in [0.2, 0.25) is 17.7 Å². The molecular weight excluding hydrogens is 308 g/mol. The largest absolute Gasteiger partial charge is 0.368 e. The van der Waals surface area contributed by atoms with Gasteiger partial charge >= 0.3 is 0 Å². The Morgan fingerprint density at radius 3 is 1.79 bits per heavy atom. The van der Waals surface area contributed by atoms with Gasteiger partial charge in [0.25, 0.3) is 0 Å². The number of hydrogen-bond acceptors (Lipinski definition) is 4. The van der Waals surface area contributed by atoms with Crippen LogP contribution in [0.25, 0.3) is 0 Å². The fourth-order valence-electron chi connectivity index (χ4n) is 2.38. The Morgan fingerprint density at radius 1 is 0.917 bits per heavy atom. The van der Waals surface area contributed by atoms with Crippen LogP contribution >= 0.6 is 0 Å². The Bertz CT molecular complexity index is 438. The molecule has 0 aliphatic carbocycles. The molecule has 0 bridgehead atoms. The number of nitrogens with one attached hydrogen (secondary N) is 2. The van der Waals surface area contributed by atoms with Crippen molar-refractivity contribution in [3.8, 4) is 0 Å². The maximum atomic E-state index is 12.5. The molecule has 140 valence electrons. The van der Waals surface area contributed by atoms with Crippen molar-refractivity contribution in [1.29, 1.82) is 0 Å². The third-order valence-electron chi connectivity index (χ3n) is 4.13. The second-order valence-electron chi connectivity index (χ2n) is 7.24. The van der Waals surface area contributed by atoms with Crippen molar-refractivity contribution in [3.05, 3.63) is 0 Å². The Kier molecular flexibility index (Phi) is 9.58. The zero-order valence-electron chi connectivity index (χ0n) is 15.8. The summed E-state index contributed by atoms with van der Waals surface area (Å²) >= 11 is 0. The lowest BCUT2D eigenvalue weighted by molar-refractivity contribution is -0.133. The van der Waals surface area contributed by atoms with Crippen LogP contribution in [0, 0.1) is 17.8 Å². The van der Waals surface area contributed by atoms with E-state index in [1.54, 1.807) is 0 Å². The van der Waals surface area contributed by atoms with Gasteiger partial charge in [-0.05, 0) is 24.2 Å². The molecule has 7 nitrogen and oxygen atoms in total. The summed E-state index contributed by atoms with van der Waals surface area (Å²) in [7, 11) is 0. The molecule has 7 heteroatoms. The Morgan fingerprint density at radius 2 is 1.42 bits per heavy atom. The highest BCUT2D eigenvalue weighted by molar-refractivity contribution is 5.92. The summed E-state index contributed by atoms with van der Waals surface area (Å²) in [5.74, 6) is -1.32. The second kappa shape index (κ2) is 10.3. The van der Waals surface area contributed by atoms with Crippen molar-refractivity contribution in [3.63, 3.8) is 0 Å². The average molecular weight is 342 g/mol. The SMILES string of the molecule is CCC(C)[C@H](NC(=O)[C@@H](NC(=O)[C@@H](N)CC(C)C)C(C)C)C(N)=O. The first kappa shape index (κ1) is 22.4. The van der Waals surface area contributed by atoms with E-state index in [0.717, 1.165) is 0 Å². The molecule has 0 spiro atoms. The summed E-state index contributed by atoms with van der Waals surface area (Å²) in [5, 5.41) is 5.36. The zero-order chi connectivity index (χ0) is 19.0. The zero-order valence-corrected chi connectivity index (χ0v) is 15.8. The van der Waals surface area contributed by atoms with E-state index in [1.165, 1.54) is 0 Å². The molecule has 0 saturated carbocycles. The van der Waals surface area contributed by atoms with Gasteiger partial charge in [0.15, 0.2) is 0 Å². The molecular formula is C17H34N4O3. The quantitative estimate of drug-likeness (QED) is 0.461. The van der Waals surface area contributed by atoms with Gasteiger partial charge in [-0.3, -0.25) is 14.4 Å². The lowest BCUT2D eigenvalue weighted by Gasteiger charge is -2.27. The van der Waals surface area contributed by atoms with Crippen LogP contribution in [0.2, 0.25) is 0 Å². The van der Waals surface area contributed by atoms with E-state index in [2.05, 4.69) is 10.6 Å². The molecule has 3 amide bonds. The highest BCUT2D eigenvalue weighted by Crippen LogP contribution is 2.10. The highest BCUT2D eigenvalue weighted by Gasteiger charge is 2.31. The van der Waals surface area contributed by atoms with Crippen molar-refractivity contribution in [2.45, 2.75) is 72.5 Å². The Balaban J connectivity index is 5.01. The molecule has 0 aromatic rings. The number of hydrogen-bond donors (Lipinski definition) is 4. The molecule has 4 atom stereocenters. The summed E-state index contributed by atoms with van der Waals surface area (Å²) in [6.45, 7) is 11.4. The fourth-order valence-corrected chi connectivity index (χ4v) is 2.38. The van der Waals surface area contributed by atoms with E-state index in [-0.39, 0.29) is 23.7 Å². The molecule has 0 aliphatic rings. The molecule has 0 heterocycles. The van der Waals surface area contributed by atoms with Gasteiger partial charge < -0.3 is 22.1 Å². The highest BCUT2D eigenvalue weighted by atomic mass is 16.2. The first-order valence-corrected chi connectivity index (χ1v) is 8.66. The van der Waals surface area contributed by atoms with E-state index >= 15 is 0 Å². The van der Waals surface area contributed by atoms with Crippen LogP contribution < -0.4 is 22.1 Å². The van der Waals surface area contributed by atoms with Gasteiger partial charge in [-0.25, -0.2) is 0 Å². The maximum Gasteiger partial charge on any atom is 0.243 e. The van der Waals surface area contributed by atoms with Crippen LogP contribution in [0.1, 0.15) is 54.4 Å². The Labute approximate surface area is 145 Å². The monoisotopic (exact) mass is 342 g/mol. The van der Waals surface area contributed by atoms with Crippen molar-refractivity contribution in [2.24, 2.45) is 29.2 Å². The predicted molar refractivity (Wildman–Crippen MR) is 94.8 cm³/mol. The third-order valence-corrected chi connectivity index (χ3v) is 4.13. The van der Waals surface area contributed by atoms with Crippen LogP contribution in [0.5, 0.6) is 0 Å². The number of carbonyl (C=O) groups excluding carboxylic acids is 3. The summed E-state index contributed by atoms with van der Waals surface area (Å²) in [6.07, 6.45) is 1.24. The van der Waals surface area contributed by atoms with Gasteiger partial charge in [-0.15, -0.1) is 0 Å². The topological polar surface area (TPSA) is 127 Å². The summed E-state index contributed by atoms with van der Waals surface area (Å²) in [4.78, 5) is 36.3. The molecule has 0 aromatic heterocycles. The molecule has 0 aromatic carbocycles. The lowest BCUT2D eigenvalue weighted by atomic mass is 9.96. The molecule has 0 fully saturated rings. The van der Waals surface area contributed by atoms with Gasteiger partial charge in [0.05, 0.1) is 6.04 Å². The third kappa shape index (κ3) is 7.29. The number of rotatable bonds is 10. The molecule has 0 aliphatic heterocycles. The number of carbonyl (C=O) groups is 3. The minimum absolute atomic E-state index is 0.0850. The molecule has 6 N–H and O–H groups in total. The number of nitrogens with two attached hydrogens (primary N) is 2. The first-order chi connectivity index (χ1) is 11.0. The van der Waals surface area contributed by atoms with Crippen molar-refractivity contribution < 1.29 is 14.4 Å². The minimum atomic E-state index is -0.762. The van der Waals surface area contributed by atoms with Crippen LogP contribution in [0.3, 0.4) is 0 Å². The van der Waals surface area contributed by atoms with Gasteiger partial charge in [-0.1, -0.05) is 48.0 Å². The number of primary amides is 1. The standard InChI is InChI=1S/C17H34N4O3/c1-7-11(6)14(15(19)22)21-17(24)13(10(4)5)20-16(23)12(18)8-9(2)3/h9-14H,7-8,18H2,1-6H3,(H2,19,22)(H,20,23)(H,21,24)/t11?,12-,13-,14-/m0/s1. The Hall–Kier alpha value is -1.63.